The van der Waals surface area contributed by atoms with Gasteiger partial charge in [-0.15, -0.1) is 11.3 Å². The molecule has 0 spiro atoms. The van der Waals surface area contributed by atoms with Crippen LogP contribution in [0.25, 0.3) is 15.9 Å². The standard InChI is InChI=1S/C12H12N4S/c1-7-2-3-9-8(4-7)10-11-13-5-15-16(11)6-14-12(10)17-9/h5-7H,2-4H2,1H3/t7-/m0/s1. The fraction of sp³-hybridized carbons (Fsp3) is 0.417. The second kappa shape index (κ2) is 3.26. The summed E-state index contributed by atoms with van der Waals surface area (Å²) >= 11 is 1.83. The van der Waals surface area contributed by atoms with Crippen molar-refractivity contribution in [2.24, 2.45) is 5.92 Å². The van der Waals surface area contributed by atoms with Crippen molar-refractivity contribution < 1.29 is 0 Å². The molecule has 0 amide bonds. The zero-order valence-electron chi connectivity index (χ0n) is 9.55. The average Bonchev–Trinajstić information content (AvgIpc) is 2.90. The van der Waals surface area contributed by atoms with Gasteiger partial charge in [-0.1, -0.05) is 6.92 Å². The number of hydrogen-bond acceptors (Lipinski definition) is 4. The highest BCUT2D eigenvalue weighted by atomic mass is 32.1. The van der Waals surface area contributed by atoms with E-state index in [1.54, 1.807) is 17.2 Å². The van der Waals surface area contributed by atoms with Crippen LogP contribution in [-0.2, 0) is 12.8 Å². The molecule has 0 radical (unpaired) electrons. The summed E-state index contributed by atoms with van der Waals surface area (Å²) < 4.78 is 1.77. The van der Waals surface area contributed by atoms with E-state index in [0.717, 1.165) is 22.8 Å². The lowest BCUT2D eigenvalue weighted by Gasteiger charge is -2.17. The van der Waals surface area contributed by atoms with Crippen LogP contribution in [0, 0.1) is 5.92 Å². The number of aromatic nitrogens is 4. The van der Waals surface area contributed by atoms with Gasteiger partial charge in [-0.3, -0.25) is 0 Å². The molecule has 4 rings (SSSR count). The number of fused-ring (bicyclic) bond motifs is 5. The first kappa shape index (κ1) is 9.53. The summed E-state index contributed by atoms with van der Waals surface area (Å²) in [6, 6.07) is 0. The lowest BCUT2D eigenvalue weighted by Crippen LogP contribution is -2.09. The average molecular weight is 244 g/mol. The monoisotopic (exact) mass is 244 g/mol. The maximum atomic E-state index is 4.49. The van der Waals surface area contributed by atoms with Crippen LogP contribution < -0.4 is 0 Å². The van der Waals surface area contributed by atoms with Crippen LogP contribution in [0.3, 0.4) is 0 Å². The highest BCUT2D eigenvalue weighted by Crippen LogP contribution is 2.38. The SMILES string of the molecule is C[C@H]1CCc2sc3ncn4ncnc4c3c2C1. The van der Waals surface area contributed by atoms with Gasteiger partial charge in [0.15, 0.2) is 5.65 Å². The maximum absolute atomic E-state index is 4.49. The molecular formula is C12H12N4S. The molecule has 0 saturated heterocycles. The molecule has 1 aliphatic carbocycles. The molecule has 4 nitrogen and oxygen atoms in total. The predicted molar refractivity (Wildman–Crippen MR) is 67.4 cm³/mol. The highest BCUT2D eigenvalue weighted by Gasteiger charge is 2.22. The molecule has 3 aromatic rings. The Labute approximate surface area is 102 Å². The van der Waals surface area contributed by atoms with Gasteiger partial charge >= 0.3 is 0 Å². The molecule has 0 aliphatic heterocycles. The summed E-state index contributed by atoms with van der Waals surface area (Å²) in [6.45, 7) is 2.32. The van der Waals surface area contributed by atoms with Crippen molar-refractivity contribution in [1.82, 2.24) is 19.6 Å². The number of rotatable bonds is 0. The van der Waals surface area contributed by atoms with E-state index in [0.29, 0.717) is 0 Å². The fourth-order valence-corrected chi connectivity index (χ4v) is 3.86. The van der Waals surface area contributed by atoms with Gasteiger partial charge < -0.3 is 0 Å². The van der Waals surface area contributed by atoms with E-state index in [4.69, 9.17) is 0 Å². The molecule has 17 heavy (non-hydrogen) atoms. The third kappa shape index (κ3) is 1.26. The van der Waals surface area contributed by atoms with Crippen LogP contribution in [0.5, 0.6) is 0 Å². The molecule has 0 N–H and O–H groups in total. The Hall–Kier alpha value is -1.49. The summed E-state index contributed by atoms with van der Waals surface area (Å²) in [7, 11) is 0. The fourth-order valence-electron chi connectivity index (χ4n) is 2.69. The van der Waals surface area contributed by atoms with Gasteiger partial charge in [0.1, 0.15) is 17.5 Å². The molecular weight excluding hydrogens is 232 g/mol. The van der Waals surface area contributed by atoms with Crippen LogP contribution in [0.1, 0.15) is 23.8 Å². The van der Waals surface area contributed by atoms with Crippen molar-refractivity contribution in [3.63, 3.8) is 0 Å². The number of aryl methyl sites for hydroxylation is 1. The van der Waals surface area contributed by atoms with Gasteiger partial charge in [0.2, 0.25) is 0 Å². The van der Waals surface area contributed by atoms with E-state index < -0.39 is 0 Å². The van der Waals surface area contributed by atoms with E-state index in [1.165, 1.54) is 28.7 Å². The minimum atomic E-state index is 0.767. The molecule has 0 unspecified atom stereocenters. The van der Waals surface area contributed by atoms with Gasteiger partial charge in [0.05, 0.1) is 5.39 Å². The van der Waals surface area contributed by atoms with E-state index in [2.05, 4.69) is 22.0 Å². The first-order chi connectivity index (χ1) is 8.33. The quantitative estimate of drug-likeness (QED) is 0.610. The summed E-state index contributed by atoms with van der Waals surface area (Å²) in [5, 5.41) is 5.40. The smallest absolute Gasteiger partial charge is 0.167 e. The van der Waals surface area contributed by atoms with Gasteiger partial charge in [-0.05, 0) is 30.7 Å². The summed E-state index contributed by atoms with van der Waals surface area (Å²) in [4.78, 5) is 11.5. The Balaban J connectivity index is 2.14. The zero-order chi connectivity index (χ0) is 11.4. The van der Waals surface area contributed by atoms with Crippen LogP contribution in [0.15, 0.2) is 12.7 Å². The van der Waals surface area contributed by atoms with E-state index >= 15 is 0 Å². The van der Waals surface area contributed by atoms with Crippen molar-refractivity contribution in [2.45, 2.75) is 26.2 Å². The predicted octanol–water partition coefficient (Wildman–Crippen LogP) is 2.46. The number of thiophene rings is 1. The van der Waals surface area contributed by atoms with Gasteiger partial charge in [-0.2, -0.15) is 5.10 Å². The third-order valence-corrected chi connectivity index (χ3v) is 4.77. The Morgan fingerprint density at radius 2 is 2.35 bits per heavy atom. The highest BCUT2D eigenvalue weighted by molar-refractivity contribution is 7.19. The molecule has 3 aromatic heterocycles. The molecule has 0 aromatic carbocycles. The first-order valence-corrected chi connectivity index (χ1v) is 6.73. The van der Waals surface area contributed by atoms with Crippen LogP contribution in [0.2, 0.25) is 0 Å². The Bertz CT molecular complexity index is 712. The third-order valence-electron chi connectivity index (χ3n) is 3.57. The first-order valence-electron chi connectivity index (χ1n) is 5.91. The minimum absolute atomic E-state index is 0.767. The summed E-state index contributed by atoms with van der Waals surface area (Å²) in [5.74, 6) is 0.767. The van der Waals surface area contributed by atoms with E-state index in [1.807, 2.05) is 11.3 Å². The molecule has 1 aliphatic rings. The second-order valence-electron chi connectivity index (χ2n) is 4.80. The normalized spacial score (nSPS) is 19.9. The van der Waals surface area contributed by atoms with Crippen molar-refractivity contribution in [1.29, 1.82) is 0 Å². The van der Waals surface area contributed by atoms with E-state index in [-0.39, 0.29) is 0 Å². The van der Waals surface area contributed by atoms with Crippen LogP contribution in [-0.4, -0.2) is 19.6 Å². The van der Waals surface area contributed by atoms with Crippen LogP contribution >= 0.6 is 11.3 Å². The van der Waals surface area contributed by atoms with Gasteiger partial charge in [-0.25, -0.2) is 14.5 Å². The summed E-state index contributed by atoms with van der Waals surface area (Å²) in [6.07, 6.45) is 7.01. The topological polar surface area (TPSA) is 43.1 Å². The maximum Gasteiger partial charge on any atom is 0.167 e. The molecule has 3 heterocycles. The van der Waals surface area contributed by atoms with Gasteiger partial charge in [0.25, 0.3) is 0 Å². The molecule has 1 atom stereocenters. The number of hydrogen-bond donors (Lipinski definition) is 0. The van der Waals surface area contributed by atoms with Crippen LogP contribution in [0.4, 0.5) is 0 Å². The zero-order valence-corrected chi connectivity index (χ0v) is 10.4. The van der Waals surface area contributed by atoms with Crippen molar-refractivity contribution in [3.8, 4) is 0 Å². The largest absolute Gasteiger partial charge is 0.225 e. The molecule has 86 valence electrons. The number of nitrogens with zero attached hydrogens (tertiary/aromatic N) is 4. The van der Waals surface area contributed by atoms with E-state index in [9.17, 15) is 0 Å². The Morgan fingerprint density at radius 1 is 1.41 bits per heavy atom. The second-order valence-corrected chi connectivity index (χ2v) is 5.89. The Kier molecular flexibility index (Phi) is 1.83. The lowest BCUT2D eigenvalue weighted by atomic mass is 9.89. The molecule has 5 heteroatoms. The molecule has 0 saturated carbocycles. The van der Waals surface area contributed by atoms with Gasteiger partial charge in [0, 0.05) is 4.88 Å². The van der Waals surface area contributed by atoms with Crippen molar-refractivity contribution in [3.05, 3.63) is 23.1 Å². The molecule has 0 bridgehead atoms. The lowest BCUT2D eigenvalue weighted by molar-refractivity contribution is 0.508. The Morgan fingerprint density at radius 3 is 3.29 bits per heavy atom. The molecule has 0 fully saturated rings. The van der Waals surface area contributed by atoms with Crippen molar-refractivity contribution >= 4 is 27.2 Å². The summed E-state index contributed by atoms with van der Waals surface area (Å²) in [5.41, 5.74) is 2.43. The van der Waals surface area contributed by atoms with Crippen molar-refractivity contribution in [2.75, 3.05) is 0 Å². The minimum Gasteiger partial charge on any atom is -0.225 e.